The molecule has 0 unspecified atom stereocenters. The average molecular weight is 443 g/mol. The van der Waals surface area contributed by atoms with Gasteiger partial charge in [0.25, 0.3) is 0 Å². The molecule has 0 aromatic heterocycles. The van der Waals surface area contributed by atoms with E-state index in [1.54, 1.807) is 0 Å². The summed E-state index contributed by atoms with van der Waals surface area (Å²) in [5.41, 5.74) is 1.28. The Bertz CT molecular complexity index is 962. The molecule has 1 fully saturated rings. The van der Waals surface area contributed by atoms with Gasteiger partial charge in [0.2, 0.25) is 0 Å². The number of fused-ring (bicyclic) bond motifs is 1. The molecule has 6 heteroatoms. The van der Waals surface area contributed by atoms with Crippen molar-refractivity contribution in [1.82, 2.24) is 0 Å². The number of benzene rings is 1. The molecule has 1 aliphatic heterocycles. The molecule has 1 saturated carbocycles. The average Bonchev–Trinajstić information content (AvgIpc) is 2.72. The highest BCUT2D eigenvalue weighted by molar-refractivity contribution is 5.81. The maximum atomic E-state index is 11.7. The van der Waals surface area contributed by atoms with Crippen molar-refractivity contribution in [3.63, 3.8) is 0 Å². The Hall–Kier alpha value is -2.76. The van der Waals surface area contributed by atoms with E-state index in [1.165, 1.54) is 45.4 Å². The fourth-order valence-electron chi connectivity index (χ4n) is 4.71. The van der Waals surface area contributed by atoms with Crippen molar-refractivity contribution in [3.05, 3.63) is 29.9 Å². The predicted molar refractivity (Wildman–Crippen MR) is 123 cm³/mol. The van der Waals surface area contributed by atoms with E-state index >= 15 is 0 Å². The van der Waals surface area contributed by atoms with Crippen molar-refractivity contribution in [2.45, 2.75) is 72.3 Å². The highest BCUT2D eigenvalue weighted by Crippen LogP contribution is 2.51. The van der Waals surface area contributed by atoms with E-state index in [0.717, 1.165) is 19.3 Å². The SMILES string of the molecule is C=C1[C@H](C)CCC[C@]1(C)CC[C@@]1(C)C=Cc2c(OC(C)=O)c(OC)cc(OC(C)=O)c2O1. The summed E-state index contributed by atoms with van der Waals surface area (Å²) in [4.78, 5) is 23.4. The molecule has 0 N–H and O–H groups in total. The number of ether oxygens (including phenoxy) is 4. The van der Waals surface area contributed by atoms with E-state index in [4.69, 9.17) is 18.9 Å². The van der Waals surface area contributed by atoms with Crippen molar-refractivity contribution in [3.8, 4) is 23.0 Å². The molecule has 3 atom stereocenters. The summed E-state index contributed by atoms with van der Waals surface area (Å²) in [5.74, 6) is 0.692. The number of esters is 2. The van der Waals surface area contributed by atoms with Gasteiger partial charge in [0.05, 0.1) is 12.7 Å². The van der Waals surface area contributed by atoms with Crippen LogP contribution in [0.25, 0.3) is 6.08 Å². The lowest BCUT2D eigenvalue weighted by Crippen LogP contribution is -2.36. The third-order valence-corrected chi connectivity index (χ3v) is 6.77. The molecule has 6 nitrogen and oxygen atoms in total. The molecule has 1 aliphatic carbocycles. The van der Waals surface area contributed by atoms with Gasteiger partial charge in [-0.2, -0.15) is 0 Å². The molecule has 0 radical (unpaired) electrons. The summed E-state index contributed by atoms with van der Waals surface area (Å²) in [6, 6.07) is 1.52. The second-order valence-corrected chi connectivity index (χ2v) is 9.46. The molecule has 1 aromatic carbocycles. The highest BCUT2D eigenvalue weighted by atomic mass is 16.6. The van der Waals surface area contributed by atoms with Crippen molar-refractivity contribution in [1.29, 1.82) is 0 Å². The van der Waals surface area contributed by atoms with Crippen LogP contribution in [-0.4, -0.2) is 24.6 Å². The van der Waals surface area contributed by atoms with Crippen molar-refractivity contribution in [2.75, 3.05) is 7.11 Å². The third kappa shape index (κ3) is 4.84. The zero-order valence-electron chi connectivity index (χ0n) is 20.0. The van der Waals surface area contributed by atoms with Crippen LogP contribution in [0.3, 0.4) is 0 Å². The van der Waals surface area contributed by atoms with E-state index in [0.29, 0.717) is 17.2 Å². The van der Waals surface area contributed by atoms with Gasteiger partial charge in [0, 0.05) is 19.9 Å². The molecule has 0 saturated heterocycles. The van der Waals surface area contributed by atoms with E-state index in [2.05, 4.69) is 20.4 Å². The lowest BCUT2D eigenvalue weighted by atomic mass is 9.65. The van der Waals surface area contributed by atoms with Crippen LogP contribution in [0.4, 0.5) is 0 Å². The molecule has 174 valence electrons. The molecule has 32 heavy (non-hydrogen) atoms. The monoisotopic (exact) mass is 442 g/mol. The first kappa shape index (κ1) is 23.9. The Kier molecular flexibility index (Phi) is 6.72. The summed E-state index contributed by atoms with van der Waals surface area (Å²) >= 11 is 0. The van der Waals surface area contributed by atoms with Gasteiger partial charge in [0.15, 0.2) is 23.0 Å². The van der Waals surface area contributed by atoms with Crippen molar-refractivity contribution >= 4 is 18.0 Å². The largest absolute Gasteiger partial charge is 0.493 e. The number of allylic oxidation sites excluding steroid dienone is 1. The number of carbonyl (C=O) groups excluding carboxylic acids is 2. The van der Waals surface area contributed by atoms with Gasteiger partial charge in [-0.1, -0.05) is 32.4 Å². The number of methoxy groups -OCH3 is 1. The molecule has 2 aliphatic rings. The molecular weight excluding hydrogens is 408 g/mol. The molecule has 0 bridgehead atoms. The first-order valence-electron chi connectivity index (χ1n) is 11.2. The Morgan fingerprint density at radius 1 is 1.16 bits per heavy atom. The number of hydrogen-bond acceptors (Lipinski definition) is 6. The van der Waals surface area contributed by atoms with Crippen molar-refractivity contribution < 1.29 is 28.5 Å². The Balaban J connectivity index is 1.94. The summed E-state index contributed by atoms with van der Waals surface area (Å²) in [5, 5.41) is 0. The van der Waals surface area contributed by atoms with Crippen LogP contribution in [0.2, 0.25) is 0 Å². The first-order chi connectivity index (χ1) is 15.0. The lowest BCUT2D eigenvalue weighted by molar-refractivity contribution is -0.133. The maximum Gasteiger partial charge on any atom is 0.308 e. The Labute approximate surface area is 190 Å². The molecule has 0 spiro atoms. The quantitative estimate of drug-likeness (QED) is 0.312. The first-order valence-corrected chi connectivity index (χ1v) is 11.2. The molecule has 1 aromatic rings. The zero-order chi connectivity index (χ0) is 23.7. The molecular formula is C26H34O6. The topological polar surface area (TPSA) is 71.1 Å². The van der Waals surface area contributed by atoms with Crippen LogP contribution in [-0.2, 0) is 9.59 Å². The summed E-state index contributed by atoms with van der Waals surface area (Å²) in [7, 11) is 1.46. The van der Waals surface area contributed by atoms with Crippen LogP contribution in [0.15, 0.2) is 24.3 Å². The van der Waals surface area contributed by atoms with Crippen LogP contribution < -0.4 is 18.9 Å². The standard InChI is InChI=1S/C26H34O6/c1-16-9-8-11-25(5,17(16)2)13-14-26(6)12-10-20-23(31-19(4)28)21(29-7)15-22(24(20)32-26)30-18(3)27/h10,12,15-16H,2,8-9,11,13-14H2,1,3-7H3/t16-,25-,26-/m1/s1. The van der Waals surface area contributed by atoms with Crippen LogP contribution in [0.1, 0.15) is 72.3 Å². The normalized spacial score (nSPS) is 26.7. The second kappa shape index (κ2) is 9.00. The third-order valence-electron chi connectivity index (χ3n) is 6.77. The summed E-state index contributed by atoms with van der Waals surface area (Å²) in [6.07, 6.45) is 9.04. The lowest BCUT2D eigenvalue weighted by Gasteiger charge is -2.42. The van der Waals surface area contributed by atoms with Gasteiger partial charge in [-0.15, -0.1) is 0 Å². The number of carbonyl (C=O) groups is 2. The predicted octanol–water partition coefficient (Wildman–Crippen LogP) is 5.87. The zero-order valence-corrected chi connectivity index (χ0v) is 20.0. The summed E-state index contributed by atoms with van der Waals surface area (Å²) in [6.45, 7) is 13.6. The van der Waals surface area contributed by atoms with Gasteiger partial charge in [-0.25, -0.2) is 0 Å². The van der Waals surface area contributed by atoms with E-state index in [-0.39, 0.29) is 22.7 Å². The van der Waals surface area contributed by atoms with Crippen molar-refractivity contribution in [2.24, 2.45) is 11.3 Å². The molecule has 3 rings (SSSR count). The highest BCUT2D eigenvalue weighted by Gasteiger charge is 2.39. The Morgan fingerprint density at radius 3 is 2.47 bits per heavy atom. The van der Waals surface area contributed by atoms with E-state index < -0.39 is 17.5 Å². The fraction of sp³-hybridized carbons (Fsp3) is 0.538. The van der Waals surface area contributed by atoms with E-state index in [1.807, 2.05) is 19.1 Å². The minimum absolute atomic E-state index is 0.0691. The maximum absolute atomic E-state index is 11.7. The number of rotatable bonds is 6. The fourth-order valence-corrected chi connectivity index (χ4v) is 4.71. The smallest absolute Gasteiger partial charge is 0.308 e. The van der Waals surface area contributed by atoms with E-state index in [9.17, 15) is 9.59 Å². The van der Waals surface area contributed by atoms with Gasteiger partial charge in [0.1, 0.15) is 5.60 Å². The van der Waals surface area contributed by atoms with Crippen LogP contribution in [0, 0.1) is 11.3 Å². The van der Waals surface area contributed by atoms with Crippen LogP contribution in [0.5, 0.6) is 23.0 Å². The minimum Gasteiger partial charge on any atom is -0.493 e. The van der Waals surface area contributed by atoms with Crippen LogP contribution >= 0.6 is 0 Å². The second-order valence-electron chi connectivity index (χ2n) is 9.46. The Morgan fingerprint density at radius 2 is 1.84 bits per heavy atom. The summed E-state index contributed by atoms with van der Waals surface area (Å²) < 4.78 is 22.6. The van der Waals surface area contributed by atoms with Gasteiger partial charge in [-0.3, -0.25) is 9.59 Å². The van der Waals surface area contributed by atoms with Gasteiger partial charge >= 0.3 is 11.9 Å². The van der Waals surface area contributed by atoms with Gasteiger partial charge < -0.3 is 18.9 Å². The minimum atomic E-state index is -0.617. The van der Waals surface area contributed by atoms with Gasteiger partial charge in [-0.05, 0) is 56.1 Å². The number of hydrogen-bond donors (Lipinski definition) is 0. The molecule has 0 amide bonds. The molecule has 1 heterocycles.